The van der Waals surface area contributed by atoms with Crippen LogP contribution in [0.3, 0.4) is 0 Å². The third-order valence-electron chi connectivity index (χ3n) is 3.16. The third-order valence-corrected chi connectivity index (χ3v) is 3.48. The third kappa shape index (κ3) is 3.12. The lowest BCUT2D eigenvalue weighted by atomic mass is 10.0. The number of anilines is 1. The quantitative estimate of drug-likeness (QED) is 0.853. The first kappa shape index (κ1) is 14.9. The number of para-hydroxylation sites is 1. The van der Waals surface area contributed by atoms with Gasteiger partial charge in [0.25, 0.3) is 0 Å². The summed E-state index contributed by atoms with van der Waals surface area (Å²) in [6, 6.07) is 7.18. The Morgan fingerprint density at radius 1 is 1.35 bits per heavy atom. The molecule has 0 bridgehead atoms. The number of benzene rings is 1. The molecule has 1 atom stereocenters. The van der Waals surface area contributed by atoms with Gasteiger partial charge in [0.2, 0.25) is 11.8 Å². The van der Waals surface area contributed by atoms with Crippen molar-refractivity contribution in [1.29, 1.82) is 0 Å². The van der Waals surface area contributed by atoms with E-state index in [2.05, 4.69) is 5.32 Å². The fraction of sp³-hybridized carbons (Fsp3) is 0.467. The highest BCUT2D eigenvalue weighted by molar-refractivity contribution is 6.34. The van der Waals surface area contributed by atoms with Crippen LogP contribution in [0, 0.1) is 5.92 Å². The number of halogens is 1. The summed E-state index contributed by atoms with van der Waals surface area (Å²) in [6.07, 6.45) is 0.520. The SMILES string of the molecule is CC(C)(C)NC(=O)C1CCN(c2ccccc2Cl)C1=O. The molecule has 1 aromatic rings. The van der Waals surface area contributed by atoms with Gasteiger partial charge in [-0.2, -0.15) is 0 Å². The molecule has 0 spiro atoms. The summed E-state index contributed by atoms with van der Waals surface area (Å²) < 4.78 is 0. The topological polar surface area (TPSA) is 49.4 Å². The second-order valence-electron chi connectivity index (χ2n) is 6.02. The molecule has 0 aromatic heterocycles. The molecule has 20 heavy (non-hydrogen) atoms. The number of nitrogens with zero attached hydrogens (tertiary/aromatic N) is 1. The highest BCUT2D eigenvalue weighted by atomic mass is 35.5. The first-order valence-corrected chi connectivity index (χ1v) is 7.05. The Kier molecular flexibility index (Phi) is 4.04. The zero-order chi connectivity index (χ0) is 14.9. The van der Waals surface area contributed by atoms with Gasteiger partial charge in [-0.25, -0.2) is 0 Å². The lowest BCUT2D eigenvalue weighted by Crippen LogP contribution is -2.45. The molecule has 2 rings (SSSR count). The van der Waals surface area contributed by atoms with Gasteiger partial charge in [-0.15, -0.1) is 0 Å². The maximum Gasteiger partial charge on any atom is 0.239 e. The van der Waals surface area contributed by atoms with Crippen molar-refractivity contribution in [2.24, 2.45) is 5.92 Å². The van der Waals surface area contributed by atoms with Crippen molar-refractivity contribution in [1.82, 2.24) is 5.32 Å². The van der Waals surface area contributed by atoms with E-state index in [0.29, 0.717) is 23.7 Å². The number of carbonyl (C=O) groups excluding carboxylic acids is 2. The summed E-state index contributed by atoms with van der Waals surface area (Å²) in [4.78, 5) is 26.1. The second kappa shape index (κ2) is 5.44. The molecule has 1 fully saturated rings. The van der Waals surface area contributed by atoms with Gasteiger partial charge in [0.15, 0.2) is 0 Å². The minimum absolute atomic E-state index is 0.181. The predicted octanol–water partition coefficient (Wildman–Crippen LogP) is 2.61. The van der Waals surface area contributed by atoms with Crippen LogP contribution < -0.4 is 10.2 Å². The molecule has 1 unspecified atom stereocenters. The van der Waals surface area contributed by atoms with Crippen molar-refractivity contribution in [3.63, 3.8) is 0 Å². The van der Waals surface area contributed by atoms with Gasteiger partial charge < -0.3 is 10.2 Å². The molecule has 4 nitrogen and oxygen atoms in total. The van der Waals surface area contributed by atoms with E-state index in [4.69, 9.17) is 11.6 Å². The van der Waals surface area contributed by atoms with Crippen LogP contribution in [0.2, 0.25) is 5.02 Å². The molecule has 2 amide bonds. The largest absolute Gasteiger partial charge is 0.351 e. The van der Waals surface area contributed by atoms with E-state index in [1.54, 1.807) is 17.0 Å². The van der Waals surface area contributed by atoms with Crippen molar-refractivity contribution in [3.8, 4) is 0 Å². The van der Waals surface area contributed by atoms with E-state index >= 15 is 0 Å². The summed E-state index contributed by atoms with van der Waals surface area (Å²) in [5.74, 6) is -1.01. The van der Waals surface area contributed by atoms with Crippen LogP contribution in [0.5, 0.6) is 0 Å². The van der Waals surface area contributed by atoms with Gasteiger partial charge in [0.1, 0.15) is 5.92 Å². The van der Waals surface area contributed by atoms with Crippen LogP contribution in [0.1, 0.15) is 27.2 Å². The van der Waals surface area contributed by atoms with Gasteiger partial charge in [-0.05, 0) is 39.3 Å². The van der Waals surface area contributed by atoms with Gasteiger partial charge in [0, 0.05) is 12.1 Å². The second-order valence-corrected chi connectivity index (χ2v) is 6.43. The zero-order valence-corrected chi connectivity index (χ0v) is 12.7. The Balaban J connectivity index is 2.14. The number of nitrogens with one attached hydrogen (secondary N) is 1. The summed E-state index contributed by atoms with van der Waals surface area (Å²) in [7, 11) is 0. The molecule has 1 N–H and O–H groups in total. The first-order valence-electron chi connectivity index (χ1n) is 6.67. The van der Waals surface area contributed by atoms with Crippen LogP contribution in [-0.2, 0) is 9.59 Å². The van der Waals surface area contributed by atoms with Crippen LogP contribution >= 0.6 is 11.6 Å². The number of carbonyl (C=O) groups is 2. The van der Waals surface area contributed by atoms with E-state index in [1.807, 2.05) is 32.9 Å². The molecule has 5 heteroatoms. The van der Waals surface area contributed by atoms with Gasteiger partial charge in [-0.3, -0.25) is 9.59 Å². The minimum atomic E-state index is -0.620. The van der Waals surface area contributed by atoms with Crippen molar-refractivity contribution in [2.45, 2.75) is 32.7 Å². The van der Waals surface area contributed by atoms with Gasteiger partial charge in [-0.1, -0.05) is 23.7 Å². The molecule has 1 heterocycles. The lowest BCUT2D eigenvalue weighted by Gasteiger charge is -2.23. The van der Waals surface area contributed by atoms with Gasteiger partial charge >= 0.3 is 0 Å². The smallest absolute Gasteiger partial charge is 0.239 e. The molecular weight excluding hydrogens is 276 g/mol. The maximum absolute atomic E-state index is 12.4. The predicted molar refractivity (Wildman–Crippen MR) is 79.8 cm³/mol. The highest BCUT2D eigenvalue weighted by Crippen LogP contribution is 2.31. The van der Waals surface area contributed by atoms with E-state index < -0.39 is 5.92 Å². The zero-order valence-electron chi connectivity index (χ0n) is 11.9. The minimum Gasteiger partial charge on any atom is -0.351 e. The molecule has 1 aromatic carbocycles. The Bertz CT molecular complexity index is 537. The Labute approximate surface area is 124 Å². The van der Waals surface area contributed by atoms with E-state index in [1.165, 1.54) is 0 Å². The molecule has 1 aliphatic heterocycles. The van der Waals surface area contributed by atoms with Gasteiger partial charge in [0.05, 0.1) is 10.7 Å². The lowest BCUT2D eigenvalue weighted by molar-refractivity contribution is -0.133. The average molecular weight is 295 g/mol. The van der Waals surface area contributed by atoms with Crippen LogP contribution in [0.25, 0.3) is 0 Å². The molecule has 108 valence electrons. The summed E-state index contributed by atoms with van der Waals surface area (Å²) >= 11 is 6.11. The van der Waals surface area contributed by atoms with E-state index in [-0.39, 0.29) is 17.4 Å². The number of hydrogen-bond donors (Lipinski definition) is 1. The Morgan fingerprint density at radius 2 is 2.00 bits per heavy atom. The number of amides is 2. The molecular formula is C15H19ClN2O2. The molecule has 0 saturated carbocycles. The highest BCUT2D eigenvalue weighted by Gasteiger charge is 2.39. The molecule has 1 saturated heterocycles. The molecule has 0 aliphatic carbocycles. The Hall–Kier alpha value is -1.55. The van der Waals surface area contributed by atoms with Crippen LogP contribution in [0.15, 0.2) is 24.3 Å². The summed E-state index contributed by atoms with van der Waals surface area (Å²) in [6.45, 7) is 6.22. The standard InChI is InChI=1S/C15H19ClN2O2/c1-15(2,3)17-13(19)10-8-9-18(14(10)20)12-7-5-4-6-11(12)16/h4-7,10H,8-9H2,1-3H3,(H,17,19). The maximum atomic E-state index is 12.4. The number of hydrogen-bond acceptors (Lipinski definition) is 2. The van der Waals surface area contributed by atoms with Crippen LogP contribution in [-0.4, -0.2) is 23.9 Å². The van der Waals surface area contributed by atoms with Crippen molar-refractivity contribution in [2.75, 3.05) is 11.4 Å². The monoisotopic (exact) mass is 294 g/mol. The van der Waals surface area contributed by atoms with E-state index in [0.717, 1.165) is 0 Å². The molecule has 0 radical (unpaired) electrons. The average Bonchev–Trinajstić information content (AvgIpc) is 2.69. The fourth-order valence-corrected chi connectivity index (χ4v) is 2.53. The first-order chi connectivity index (χ1) is 9.29. The summed E-state index contributed by atoms with van der Waals surface area (Å²) in [5.41, 5.74) is 0.333. The number of rotatable bonds is 2. The fourth-order valence-electron chi connectivity index (χ4n) is 2.29. The van der Waals surface area contributed by atoms with Crippen molar-refractivity contribution >= 4 is 29.1 Å². The normalized spacial score (nSPS) is 19.3. The molecule has 1 aliphatic rings. The Morgan fingerprint density at radius 3 is 2.60 bits per heavy atom. The van der Waals surface area contributed by atoms with Crippen LogP contribution in [0.4, 0.5) is 5.69 Å². The van der Waals surface area contributed by atoms with E-state index in [9.17, 15) is 9.59 Å². The summed E-state index contributed by atoms with van der Waals surface area (Å²) in [5, 5.41) is 3.38. The van der Waals surface area contributed by atoms with Crippen molar-refractivity contribution < 1.29 is 9.59 Å². The van der Waals surface area contributed by atoms with Crippen molar-refractivity contribution in [3.05, 3.63) is 29.3 Å².